The number of nitrogens with zero attached hydrogens (tertiary/aromatic N) is 1. The summed E-state index contributed by atoms with van der Waals surface area (Å²) in [5, 5.41) is 0.258. The summed E-state index contributed by atoms with van der Waals surface area (Å²) in [6, 6.07) is 5.47. The molecule has 0 fully saturated rings. The first kappa shape index (κ1) is 12.6. The number of halogens is 2. The van der Waals surface area contributed by atoms with Crippen LogP contribution < -0.4 is 11.3 Å². The Balaban J connectivity index is 2.37. The second kappa shape index (κ2) is 5.18. The van der Waals surface area contributed by atoms with Gasteiger partial charge in [0.2, 0.25) is 0 Å². The number of H-pyrrole nitrogens is 1. The molecule has 0 saturated heterocycles. The maximum Gasteiger partial charge on any atom is 0.265 e. The third kappa shape index (κ3) is 2.86. The quantitative estimate of drug-likeness (QED) is 0.663. The summed E-state index contributed by atoms with van der Waals surface area (Å²) >= 11 is 0.963. The Morgan fingerprint density at radius 2 is 2.11 bits per heavy atom. The molecule has 0 aliphatic carbocycles. The molecule has 0 aliphatic rings. The number of aromatic amines is 1. The first-order valence-electron chi connectivity index (χ1n) is 4.97. The summed E-state index contributed by atoms with van der Waals surface area (Å²) in [5.41, 5.74) is 5.23. The number of benzene rings is 1. The van der Waals surface area contributed by atoms with Crippen molar-refractivity contribution < 1.29 is 8.78 Å². The Hall–Kier alpha value is -1.89. The van der Waals surface area contributed by atoms with Crippen LogP contribution in [0.5, 0.6) is 0 Å². The minimum atomic E-state index is -2.63. The molecule has 0 bridgehead atoms. The average molecular weight is 269 g/mol. The Kier molecular flexibility index (Phi) is 3.61. The Bertz CT molecular complexity index is 615. The van der Waals surface area contributed by atoms with Crippen molar-refractivity contribution in [3.63, 3.8) is 0 Å². The van der Waals surface area contributed by atoms with Crippen molar-refractivity contribution in [3.05, 3.63) is 46.4 Å². The van der Waals surface area contributed by atoms with E-state index < -0.39 is 6.43 Å². The van der Waals surface area contributed by atoms with Crippen LogP contribution >= 0.6 is 11.8 Å². The maximum absolute atomic E-state index is 12.8. The second-order valence-corrected chi connectivity index (χ2v) is 4.47. The third-order valence-corrected chi connectivity index (χ3v) is 3.12. The molecule has 1 aromatic heterocycles. The molecule has 0 amide bonds. The molecule has 0 aliphatic heterocycles. The normalized spacial score (nSPS) is 10.8. The van der Waals surface area contributed by atoms with Gasteiger partial charge in [-0.15, -0.1) is 0 Å². The summed E-state index contributed by atoms with van der Waals surface area (Å²) < 4.78 is 25.7. The van der Waals surface area contributed by atoms with Crippen LogP contribution in [0, 0.1) is 0 Å². The second-order valence-electron chi connectivity index (χ2n) is 3.44. The van der Waals surface area contributed by atoms with Gasteiger partial charge in [-0.3, -0.25) is 4.79 Å². The number of anilines is 1. The molecule has 94 valence electrons. The van der Waals surface area contributed by atoms with E-state index in [4.69, 9.17) is 5.73 Å². The number of hydrogen-bond acceptors (Lipinski definition) is 4. The van der Waals surface area contributed by atoms with E-state index in [1.807, 2.05) is 0 Å². The van der Waals surface area contributed by atoms with Gasteiger partial charge in [0.15, 0.2) is 5.16 Å². The predicted octanol–water partition coefficient (Wildman–Crippen LogP) is 2.44. The van der Waals surface area contributed by atoms with Gasteiger partial charge in [0.25, 0.3) is 12.0 Å². The minimum absolute atomic E-state index is 0.175. The summed E-state index contributed by atoms with van der Waals surface area (Å²) in [6.45, 7) is 0. The fourth-order valence-corrected chi connectivity index (χ4v) is 2.21. The number of hydrogen-bond donors (Lipinski definition) is 2. The minimum Gasteiger partial charge on any atom is -0.399 e. The molecule has 4 nitrogen and oxygen atoms in total. The van der Waals surface area contributed by atoms with Crippen LogP contribution in [0.25, 0.3) is 0 Å². The topological polar surface area (TPSA) is 71.8 Å². The van der Waals surface area contributed by atoms with E-state index in [2.05, 4.69) is 9.97 Å². The lowest BCUT2D eigenvalue weighted by molar-refractivity contribution is 0.148. The molecule has 1 aromatic carbocycles. The monoisotopic (exact) mass is 269 g/mol. The molecule has 3 N–H and O–H groups in total. The zero-order valence-corrected chi connectivity index (χ0v) is 9.88. The summed E-state index contributed by atoms with van der Waals surface area (Å²) in [6.07, 6.45) is -1.31. The molecule has 0 saturated carbocycles. The van der Waals surface area contributed by atoms with E-state index in [0.717, 1.165) is 11.8 Å². The number of nitrogens with two attached hydrogens (primary N) is 1. The van der Waals surface area contributed by atoms with E-state index in [0.29, 0.717) is 4.90 Å². The average Bonchev–Trinajstić information content (AvgIpc) is 2.31. The van der Waals surface area contributed by atoms with Gasteiger partial charge in [-0.2, -0.15) is 0 Å². The molecule has 2 rings (SSSR count). The first-order chi connectivity index (χ1) is 8.56. The van der Waals surface area contributed by atoms with Crippen LogP contribution in [0.2, 0.25) is 0 Å². The molecule has 0 atom stereocenters. The fraction of sp³-hybridized carbons (Fsp3) is 0.0909. The van der Waals surface area contributed by atoms with E-state index in [1.165, 1.54) is 30.5 Å². The zero-order valence-electron chi connectivity index (χ0n) is 9.06. The Morgan fingerprint density at radius 3 is 2.78 bits per heavy atom. The molecule has 0 unspecified atom stereocenters. The molecule has 18 heavy (non-hydrogen) atoms. The van der Waals surface area contributed by atoms with Gasteiger partial charge in [-0.25, -0.2) is 13.8 Å². The van der Waals surface area contributed by atoms with Crippen LogP contribution in [0.3, 0.4) is 0 Å². The van der Waals surface area contributed by atoms with Crippen molar-refractivity contribution in [3.8, 4) is 0 Å². The summed E-state index contributed by atoms with van der Waals surface area (Å²) in [7, 11) is 0. The van der Waals surface area contributed by atoms with Gasteiger partial charge in [0, 0.05) is 28.4 Å². The van der Waals surface area contributed by atoms with Crippen LogP contribution in [-0.4, -0.2) is 9.97 Å². The molecule has 0 spiro atoms. The van der Waals surface area contributed by atoms with Crippen LogP contribution in [0.15, 0.2) is 45.3 Å². The Labute approximate surface area is 105 Å². The third-order valence-electron chi connectivity index (χ3n) is 2.12. The molecule has 7 heteroatoms. The SMILES string of the molecule is Nc1ccc(Sc2nccc(=O)[nH]2)c(C(F)F)c1. The van der Waals surface area contributed by atoms with E-state index in [-0.39, 0.29) is 22.0 Å². The van der Waals surface area contributed by atoms with Crippen LogP contribution in [-0.2, 0) is 0 Å². The number of nitrogens with one attached hydrogen (secondary N) is 1. The Morgan fingerprint density at radius 1 is 1.33 bits per heavy atom. The van der Waals surface area contributed by atoms with Gasteiger partial charge >= 0.3 is 0 Å². The zero-order chi connectivity index (χ0) is 13.1. The van der Waals surface area contributed by atoms with E-state index >= 15 is 0 Å². The number of aromatic nitrogens is 2. The maximum atomic E-state index is 12.8. The molecule has 1 heterocycles. The molecular formula is C11H9F2N3OS. The lowest BCUT2D eigenvalue weighted by atomic mass is 10.2. The fourth-order valence-electron chi connectivity index (χ4n) is 1.34. The highest BCUT2D eigenvalue weighted by Gasteiger charge is 2.14. The standard InChI is InChI=1S/C11H9F2N3OS/c12-10(13)7-5-6(14)1-2-8(7)18-11-15-4-3-9(17)16-11/h1-5,10H,14H2,(H,15,16,17). The largest absolute Gasteiger partial charge is 0.399 e. The molecule has 2 aromatic rings. The van der Waals surface area contributed by atoms with Crippen molar-refractivity contribution in [2.75, 3.05) is 5.73 Å². The lowest BCUT2D eigenvalue weighted by Gasteiger charge is -2.08. The highest BCUT2D eigenvalue weighted by atomic mass is 32.2. The number of alkyl halides is 2. The highest BCUT2D eigenvalue weighted by Crippen LogP contribution is 2.34. The van der Waals surface area contributed by atoms with Gasteiger partial charge in [0.1, 0.15) is 0 Å². The van der Waals surface area contributed by atoms with Crippen molar-refractivity contribution in [2.24, 2.45) is 0 Å². The van der Waals surface area contributed by atoms with Gasteiger partial charge in [0.05, 0.1) is 0 Å². The highest BCUT2D eigenvalue weighted by molar-refractivity contribution is 7.99. The molecular weight excluding hydrogens is 260 g/mol. The van der Waals surface area contributed by atoms with Gasteiger partial charge in [-0.05, 0) is 18.2 Å². The van der Waals surface area contributed by atoms with Gasteiger partial charge < -0.3 is 10.7 Å². The first-order valence-corrected chi connectivity index (χ1v) is 5.78. The predicted molar refractivity (Wildman–Crippen MR) is 64.8 cm³/mol. The van der Waals surface area contributed by atoms with Crippen LogP contribution in [0.1, 0.15) is 12.0 Å². The smallest absolute Gasteiger partial charge is 0.265 e. The van der Waals surface area contributed by atoms with Crippen molar-refractivity contribution >= 4 is 17.4 Å². The number of nitrogen functional groups attached to an aromatic ring is 1. The van der Waals surface area contributed by atoms with Crippen molar-refractivity contribution in [1.82, 2.24) is 9.97 Å². The summed E-state index contributed by atoms with van der Waals surface area (Å²) in [5.74, 6) is 0. The van der Waals surface area contributed by atoms with E-state index in [1.54, 1.807) is 0 Å². The number of rotatable bonds is 3. The molecule has 0 radical (unpaired) electrons. The lowest BCUT2D eigenvalue weighted by Crippen LogP contribution is -2.05. The summed E-state index contributed by atoms with van der Waals surface area (Å²) in [4.78, 5) is 17.7. The van der Waals surface area contributed by atoms with E-state index in [9.17, 15) is 13.6 Å². The van der Waals surface area contributed by atoms with Crippen molar-refractivity contribution in [1.29, 1.82) is 0 Å². The van der Waals surface area contributed by atoms with Gasteiger partial charge in [-0.1, -0.05) is 11.8 Å². The van der Waals surface area contributed by atoms with Crippen molar-refractivity contribution in [2.45, 2.75) is 16.5 Å². The van der Waals surface area contributed by atoms with Crippen LogP contribution in [0.4, 0.5) is 14.5 Å².